The molecule has 1 heterocycles. The van der Waals surface area contributed by atoms with Crippen LogP contribution in [0.2, 0.25) is 0 Å². The fraction of sp³-hybridized carbons (Fsp3) is 0.900. The molecule has 3 heteroatoms. The molecule has 0 aromatic carbocycles. The smallest absolute Gasteiger partial charge is 0.303 e. The molecule has 1 aliphatic heterocycles. The van der Waals surface area contributed by atoms with Gasteiger partial charge in [-0.15, -0.1) is 0 Å². The van der Waals surface area contributed by atoms with Crippen LogP contribution in [0.3, 0.4) is 0 Å². The Morgan fingerprint density at radius 1 is 1.38 bits per heavy atom. The molecule has 2 rings (SSSR count). The van der Waals surface area contributed by atoms with Gasteiger partial charge in [0.05, 0.1) is 6.10 Å². The summed E-state index contributed by atoms with van der Waals surface area (Å²) in [5, 5.41) is 8.74. The minimum absolute atomic E-state index is 0.338. The average Bonchev–Trinajstić information content (AvgIpc) is 2.51. The van der Waals surface area contributed by atoms with Gasteiger partial charge in [-0.1, -0.05) is 6.42 Å². The number of carboxylic acid groups (broad SMARTS) is 1. The molecule has 2 aliphatic rings. The van der Waals surface area contributed by atoms with E-state index in [2.05, 4.69) is 0 Å². The molecule has 1 saturated carbocycles. The van der Waals surface area contributed by atoms with E-state index in [4.69, 9.17) is 9.84 Å². The highest BCUT2D eigenvalue weighted by Crippen LogP contribution is 2.39. The fourth-order valence-electron chi connectivity index (χ4n) is 2.77. The topological polar surface area (TPSA) is 46.5 Å². The van der Waals surface area contributed by atoms with Crippen molar-refractivity contribution < 1.29 is 14.6 Å². The lowest BCUT2D eigenvalue weighted by Gasteiger charge is -2.31. The van der Waals surface area contributed by atoms with Crippen molar-refractivity contribution in [3.63, 3.8) is 0 Å². The molecule has 0 aromatic rings. The number of carbonyl (C=O) groups is 1. The van der Waals surface area contributed by atoms with Crippen molar-refractivity contribution in [2.45, 2.75) is 38.2 Å². The SMILES string of the molecule is O=C(O)C[C@H]1CCC[C@H]2OCC[C@H]12. The number of aliphatic carboxylic acids is 1. The van der Waals surface area contributed by atoms with E-state index in [1.807, 2.05) is 0 Å². The number of fused-ring (bicyclic) bond motifs is 1. The molecule has 2 fully saturated rings. The van der Waals surface area contributed by atoms with Crippen LogP contribution < -0.4 is 0 Å². The second-order valence-electron chi connectivity index (χ2n) is 4.15. The van der Waals surface area contributed by atoms with Crippen molar-refractivity contribution in [1.82, 2.24) is 0 Å². The molecule has 3 nitrogen and oxygen atoms in total. The van der Waals surface area contributed by atoms with Crippen molar-refractivity contribution in [2.75, 3.05) is 6.61 Å². The molecular formula is C10H16O3. The van der Waals surface area contributed by atoms with Crippen molar-refractivity contribution in [2.24, 2.45) is 11.8 Å². The lowest BCUT2D eigenvalue weighted by Crippen LogP contribution is -2.30. The Morgan fingerprint density at radius 3 is 3.00 bits per heavy atom. The van der Waals surface area contributed by atoms with E-state index in [-0.39, 0.29) is 0 Å². The number of hydrogen-bond donors (Lipinski definition) is 1. The first-order valence-corrected chi connectivity index (χ1v) is 5.11. The van der Waals surface area contributed by atoms with E-state index >= 15 is 0 Å². The highest BCUT2D eigenvalue weighted by Gasteiger charge is 2.38. The quantitative estimate of drug-likeness (QED) is 0.710. The molecule has 1 N–H and O–H groups in total. The number of ether oxygens (including phenoxy) is 1. The van der Waals surface area contributed by atoms with E-state index in [0.717, 1.165) is 32.3 Å². The van der Waals surface area contributed by atoms with Crippen LogP contribution in [0.5, 0.6) is 0 Å². The highest BCUT2D eigenvalue weighted by atomic mass is 16.5. The third-order valence-electron chi connectivity index (χ3n) is 3.37. The molecule has 0 amide bonds. The van der Waals surface area contributed by atoms with Crippen molar-refractivity contribution in [3.8, 4) is 0 Å². The second kappa shape index (κ2) is 3.66. The van der Waals surface area contributed by atoms with Gasteiger partial charge < -0.3 is 9.84 Å². The van der Waals surface area contributed by atoms with Crippen LogP contribution in [0, 0.1) is 11.8 Å². The maximum Gasteiger partial charge on any atom is 0.303 e. The molecule has 13 heavy (non-hydrogen) atoms. The fourth-order valence-corrected chi connectivity index (χ4v) is 2.77. The number of carboxylic acids is 1. The lowest BCUT2D eigenvalue weighted by molar-refractivity contribution is -0.139. The molecule has 0 spiro atoms. The van der Waals surface area contributed by atoms with E-state index < -0.39 is 5.97 Å². The third-order valence-corrected chi connectivity index (χ3v) is 3.37. The summed E-state index contributed by atoms with van der Waals surface area (Å²) in [5.41, 5.74) is 0. The molecule has 1 aliphatic carbocycles. The van der Waals surface area contributed by atoms with E-state index in [9.17, 15) is 4.79 Å². The first-order valence-electron chi connectivity index (χ1n) is 5.11. The maximum atomic E-state index is 10.6. The highest BCUT2D eigenvalue weighted by molar-refractivity contribution is 5.67. The van der Waals surface area contributed by atoms with Gasteiger partial charge in [0, 0.05) is 13.0 Å². The van der Waals surface area contributed by atoms with Crippen molar-refractivity contribution in [3.05, 3.63) is 0 Å². The van der Waals surface area contributed by atoms with Gasteiger partial charge in [0.25, 0.3) is 0 Å². The van der Waals surface area contributed by atoms with Gasteiger partial charge in [-0.2, -0.15) is 0 Å². The van der Waals surface area contributed by atoms with Gasteiger partial charge in [-0.05, 0) is 31.1 Å². The predicted octanol–water partition coefficient (Wildman–Crippen LogP) is 1.67. The number of rotatable bonds is 2. The Kier molecular flexibility index (Phi) is 2.54. The van der Waals surface area contributed by atoms with Gasteiger partial charge in [0.15, 0.2) is 0 Å². The molecular weight excluding hydrogens is 168 g/mol. The summed E-state index contributed by atoms with van der Waals surface area (Å²) in [6.07, 6.45) is 5.14. The first kappa shape index (κ1) is 9.00. The predicted molar refractivity (Wildman–Crippen MR) is 47.4 cm³/mol. The summed E-state index contributed by atoms with van der Waals surface area (Å²) in [7, 11) is 0. The molecule has 0 bridgehead atoms. The van der Waals surface area contributed by atoms with Crippen LogP contribution in [0.4, 0.5) is 0 Å². The molecule has 0 aromatic heterocycles. The van der Waals surface area contributed by atoms with E-state index in [0.29, 0.717) is 24.4 Å². The summed E-state index contributed by atoms with van der Waals surface area (Å²) >= 11 is 0. The number of hydrogen-bond acceptors (Lipinski definition) is 2. The van der Waals surface area contributed by atoms with Gasteiger partial charge in [0.2, 0.25) is 0 Å². The zero-order valence-corrected chi connectivity index (χ0v) is 7.74. The van der Waals surface area contributed by atoms with Gasteiger partial charge in [-0.25, -0.2) is 0 Å². The third kappa shape index (κ3) is 1.85. The summed E-state index contributed by atoms with van der Waals surface area (Å²) in [6, 6.07) is 0. The van der Waals surface area contributed by atoms with Crippen LogP contribution >= 0.6 is 0 Å². The van der Waals surface area contributed by atoms with Crippen LogP contribution in [0.1, 0.15) is 32.1 Å². The standard InChI is InChI=1S/C10H16O3/c11-10(12)6-7-2-1-3-9-8(7)4-5-13-9/h7-9H,1-6H2,(H,11,12)/t7-,8-,9-/m1/s1. The summed E-state index contributed by atoms with van der Waals surface area (Å²) in [6.45, 7) is 0.839. The van der Waals surface area contributed by atoms with Crippen LogP contribution in [0.15, 0.2) is 0 Å². The minimum atomic E-state index is -0.655. The molecule has 0 unspecified atom stereocenters. The van der Waals surface area contributed by atoms with Gasteiger partial charge >= 0.3 is 5.97 Å². The molecule has 0 radical (unpaired) electrons. The monoisotopic (exact) mass is 184 g/mol. The summed E-state index contributed by atoms with van der Waals surface area (Å²) < 4.78 is 5.58. The summed E-state index contributed by atoms with van der Waals surface area (Å²) in [5.74, 6) is 0.251. The van der Waals surface area contributed by atoms with Crippen LogP contribution in [0.25, 0.3) is 0 Å². The van der Waals surface area contributed by atoms with Crippen molar-refractivity contribution in [1.29, 1.82) is 0 Å². The maximum absolute atomic E-state index is 10.6. The second-order valence-corrected chi connectivity index (χ2v) is 4.15. The summed E-state index contributed by atoms with van der Waals surface area (Å²) in [4.78, 5) is 10.6. The average molecular weight is 184 g/mol. The molecule has 1 saturated heterocycles. The Morgan fingerprint density at radius 2 is 2.23 bits per heavy atom. The zero-order valence-electron chi connectivity index (χ0n) is 7.74. The minimum Gasteiger partial charge on any atom is -0.481 e. The molecule has 3 atom stereocenters. The van der Waals surface area contributed by atoms with Crippen LogP contribution in [-0.2, 0) is 9.53 Å². The van der Waals surface area contributed by atoms with E-state index in [1.54, 1.807) is 0 Å². The van der Waals surface area contributed by atoms with Gasteiger partial charge in [0.1, 0.15) is 0 Å². The molecule has 74 valence electrons. The van der Waals surface area contributed by atoms with Crippen LogP contribution in [-0.4, -0.2) is 23.8 Å². The van der Waals surface area contributed by atoms with Crippen molar-refractivity contribution >= 4 is 5.97 Å². The Bertz CT molecular complexity index is 202. The zero-order chi connectivity index (χ0) is 9.26. The Balaban J connectivity index is 1.97. The Hall–Kier alpha value is -0.570. The largest absolute Gasteiger partial charge is 0.481 e. The first-order chi connectivity index (χ1) is 6.27. The van der Waals surface area contributed by atoms with Gasteiger partial charge in [-0.3, -0.25) is 4.79 Å². The Labute approximate surface area is 78.1 Å². The normalized spacial score (nSPS) is 38.6. The lowest BCUT2D eigenvalue weighted by atomic mass is 9.75. The van der Waals surface area contributed by atoms with E-state index in [1.165, 1.54) is 0 Å².